The molecule has 0 radical (unpaired) electrons. The molecule has 0 aliphatic carbocycles. The molecular formula is C19H12F24N2O2. The van der Waals surface area contributed by atoms with Gasteiger partial charge in [-0.25, -0.2) is 17.6 Å². The second-order valence-corrected chi connectivity index (χ2v) is 9.38. The summed E-state index contributed by atoms with van der Waals surface area (Å²) < 4.78 is 321. The van der Waals surface area contributed by atoms with E-state index in [2.05, 4.69) is 0 Å². The van der Waals surface area contributed by atoms with Crippen LogP contribution in [-0.2, 0) is 9.59 Å². The van der Waals surface area contributed by atoms with Crippen molar-refractivity contribution in [1.29, 1.82) is 0 Å². The molecule has 1 aliphatic heterocycles. The van der Waals surface area contributed by atoms with Gasteiger partial charge in [-0.1, -0.05) is 0 Å². The van der Waals surface area contributed by atoms with Crippen LogP contribution < -0.4 is 0 Å². The third kappa shape index (κ3) is 5.84. The fraction of sp³-hybridized carbons (Fsp3) is 0.895. The van der Waals surface area contributed by atoms with Crippen LogP contribution in [0.25, 0.3) is 0 Å². The molecule has 0 unspecified atom stereocenters. The number of hydrogen-bond acceptors (Lipinski definition) is 2. The highest BCUT2D eigenvalue weighted by atomic mass is 19.4. The molecular weight excluding hydrogens is 744 g/mol. The molecule has 4 nitrogen and oxygen atoms in total. The number of halogens is 24. The van der Waals surface area contributed by atoms with Crippen molar-refractivity contribution in [3.63, 3.8) is 0 Å². The minimum absolute atomic E-state index is 0.955. The largest absolute Gasteiger partial charge is 0.392 e. The number of amides is 2. The molecule has 0 atom stereocenters. The third-order valence-corrected chi connectivity index (χ3v) is 6.36. The molecule has 47 heavy (non-hydrogen) atoms. The van der Waals surface area contributed by atoms with Gasteiger partial charge in [0.15, 0.2) is 0 Å². The lowest BCUT2D eigenvalue weighted by atomic mass is 9.93. The summed E-state index contributed by atoms with van der Waals surface area (Å²) >= 11 is 0. The molecule has 0 aromatic heterocycles. The number of hydrogen-bond donors (Lipinski definition) is 0. The Kier molecular flexibility index (Phi) is 10.8. The first-order valence-electron chi connectivity index (χ1n) is 11.4. The third-order valence-electron chi connectivity index (χ3n) is 6.36. The number of carbonyl (C=O) groups excluding carboxylic acids is 2. The first-order chi connectivity index (χ1) is 20.4. The fourth-order valence-electron chi connectivity index (χ4n) is 3.47. The van der Waals surface area contributed by atoms with E-state index in [1.165, 1.54) is 0 Å². The Bertz CT molecular complexity index is 1080. The van der Waals surface area contributed by atoms with Gasteiger partial charge < -0.3 is 9.80 Å². The van der Waals surface area contributed by atoms with Crippen LogP contribution in [0.2, 0.25) is 0 Å². The van der Waals surface area contributed by atoms with Crippen molar-refractivity contribution < 1.29 is 115 Å². The summed E-state index contributed by atoms with van der Waals surface area (Å²) in [6.07, 6.45) is -13.3. The smallest absolute Gasteiger partial charge is 0.335 e. The van der Waals surface area contributed by atoms with Crippen molar-refractivity contribution in [3.8, 4) is 0 Å². The molecule has 28 heteroatoms. The first kappa shape index (κ1) is 42.3. The van der Waals surface area contributed by atoms with E-state index >= 15 is 0 Å². The molecule has 1 heterocycles. The van der Waals surface area contributed by atoms with Gasteiger partial charge in [-0.3, -0.25) is 9.59 Å². The van der Waals surface area contributed by atoms with Gasteiger partial charge in [-0.15, -0.1) is 0 Å². The van der Waals surface area contributed by atoms with Crippen LogP contribution in [0.15, 0.2) is 0 Å². The summed E-state index contributed by atoms with van der Waals surface area (Å²) in [5, 5.41) is 0. The van der Waals surface area contributed by atoms with E-state index < -0.39 is 126 Å². The zero-order chi connectivity index (χ0) is 38.0. The Hall–Kier alpha value is -2.74. The summed E-state index contributed by atoms with van der Waals surface area (Å²) in [7, 11) is 0. The van der Waals surface area contributed by atoms with Gasteiger partial charge >= 0.3 is 72.1 Å². The quantitative estimate of drug-likeness (QED) is 0.203. The summed E-state index contributed by atoms with van der Waals surface area (Å²) in [6.45, 7) is -7.55. The Labute approximate surface area is 242 Å². The highest BCUT2D eigenvalue weighted by molar-refractivity contribution is 5.86. The standard InChI is InChI=1S/C19H12F24N2O2/c20-6(21)10(24,25)14(32,33)18(40,41)16(36,37)12(28,29)8(46)44-2-1-3-45(5-4-44)9(47)13(30,31)17(38,39)19(42,43)15(34,35)11(26,27)7(22)23/h6-7H,1-5H2. The summed E-state index contributed by atoms with van der Waals surface area (Å²) in [4.78, 5) is 21.9. The van der Waals surface area contributed by atoms with Crippen molar-refractivity contribution in [2.24, 2.45) is 0 Å². The van der Waals surface area contributed by atoms with Crippen LogP contribution in [-0.4, -0.2) is 120 Å². The van der Waals surface area contributed by atoms with Crippen LogP contribution in [0.3, 0.4) is 0 Å². The average Bonchev–Trinajstić information content (AvgIpc) is 3.17. The molecule has 0 saturated carbocycles. The maximum absolute atomic E-state index is 14.2. The fourth-order valence-corrected chi connectivity index (χ4v) is 3.47. The molecule has 278 valence electrons. The molecule has 0 N–H and O–H groups in total. The molecule has 0 aromatic carbocycles. The maximum atomic E-state index is 14.2. The van der Waals surface area contributed by atoms with Crippen molar-refractivity contribution in [2.45, 2.75) is 78.5 Å². The highest BCUT2D eigenvalue weighted by Gasteiger charge is 2.90. The van der Waals surface area contributed by atoms with E-state index in [4.69, 9.17) is 0 Å². The van der Waals surface area contributed by atoms with E-state index in [-0.39, 0.29) is 0 Å². The Morgan fingerprint density at radius 3 is 0.830 bits per heavy atom. The molecule has 0 aromatic rings. The summed E-state index contributed by atoms with van der Waals surface area (Å²) in [5.41, 5.74) is 0. The van der Waals surface area contributed by atoms with E-state index in [0.717, 1.165) is 0 Å². The minimum Gasteiger partial charge on any atom is -0.335 e. The Morgan fingerprint density at radius 1 is 0.383 bits per heavy atom. The Balaban J connectivity index is 3.39. The maximum Gasteiger partial charge on any atom is 0.392 e. The van der Waals surface area contributed by atoms with Gasteiger partial charge in [-0.2, -0.15) is 87.8 Å². The van der Waals surface area contributed by atoms with E-state index in [1.807, 2.05) is 0 Å². The lowest BCUT2D eigenvalue weighted by Gasteiger charge is -2.40. The van der Waals surface area contributed by atoms with Crippen molar-refractivity contribution in [1.82, 2.24) is 9.80 Å². The zero-order valence-electron chi connectivity index (χ0n) is 21.5. The van der Waals surface area contributed by atoms with Gasteiger partial charge in [0.25, 0.3) is 11.8 Å². The summed E-state index contributed by atoms with van der Waals surface area (Å²) in [6, 6.07) is 0. The van der Waals surface area contributed by atoms with Crippen LogP contribution in [0, 0.1) is 0 Å². The second-order valence-electron chi connectivity index (χ2n) is 9.38. The SMILES string of the molecule is O=C(N1CCCN(C(=O)C(F)(F)C(F)(F)C(F)(F)C(F)(F)C(F)(F)C(F)F)CC1)C(F)(F)C(F)(F)C(F)(F)C(F)(F)C(F)(F)C(F)F. The van der Waals surface area contributed by atoms with Gasteiger partial charge in [0.2, 0.25) is 0 Å². The molecule has 1 aliphatic rings. The zero-order valence-corrected chi connectivity index (χ0v) is 21.5. The molecule has 1 fully saturated rings. The second kappa shape index (κ2) is 12.0. The van der Waals surface area contributed by atoms with Crippen LogP contribution in [0.5, 0.6) is 0 Å². The predicted octanol–water partition coefficient (Wildman–Crippen LogP) is 6.93. The molecule has 0 bridgehead atoms. The van der Waals surface area contributed by atoms with E-state index in [1.54, 1.807) is 0 Å². The van der Waals surface area contributed by atoms with E-state index in [9.17, 15) is 115 Å². The number of alkyl halides is 24. The first-order valence-corrected chi connectivity index (χ1v) is 11.4. The van der Waals surface area contributed by atoms with Gasteiger partial charge in [0.05, 0.1) is 0 Å². The number of nitrogens with zero attached hydrogens (tertiary/aromatic N) is 2. The average molecular weight is 756 g/mol. The van der Waals surface area contributed by atoms with E-state index in [0.29, 0.717) is 0 Å². The predicted molar refractivity (Wildman–Crippen MR) is 99.3 cm³/mol. The molecule has 1 saturated heterocycles. The van der Waals surface area contributed by atoms with Gasteiger partial charge in [0.1, 0.15) is 0 Å². The van der Waals surface area contributed by atoms with Crippen molar-refractivity contribution >= 4 is 11.8 Å². The lowest BCUT2D eigenvalue weighted by Crippen LogP contribution is -2.71. The lowest BCUT2D eigenvalue weighted by molar-refractivity contribution is -0.407. The summed E-state index contributed by atoms with van der Waals surface area (Å²) in [5.74, 6) is -85.8. The molecule has 0 spiro atoms. The normalized spacial score (nSPS) is 17.8. The van der Waals surface area contributed by atoms with Crippen LogP contribution >= 0.6 is 0 Å². The number of carbonyl (C=O) groups is 2. The van der Waals surface area contributed by atoms with Crippen molar-refractivity contribution in [2.75, 3.05) is 26.2 Å². The minimum atomic E-state index is -8.21. The highest BCUT2D eigenvalue weighted by Crippen LogP contribution is 2.60. The van der Waals surface area contributed by atoms with Gasteiger partial charge in [0, 0.05) is 26.2 Å². The molecule has 1 rings (SSSR count). The van der Waals surface area contributed by atoms with Crippen molar-refractivity contribution in [3.05, 3.63) is 0 Å². The molecule has 2 amide bonds. The van der Waals surface area contributed by atoms with Gasteiger partial charge in [-0.05, 0) is 6.42 Å². The monoisotopic (exact) mass is 756 g/mol. The van der Waals surface area contributed by atoms with Crippen LogP contribution in [0.4, 0.5) is 105 Å². The van der Waals surface area contributed by atoms with Crippen LogP contribution in [0.1, 0.15) is 6.42 Å². The Morgan fingerprint density at radius 2 is 0.617 bits per heavy atom. The topological polar surface area (TPSA) is 40.6 Å². The number of rotatable bonds is 12.